The van der Waals surface area contributed by atoms with Crippen molar-refractivity contribution in [2.75, 3.05) is 14.7 Å². The molecule has 0 saturated heterocycles. The molecule has 0 aromatic heterocycles. The van der Waals surface area contributed by atoms with Crippen molar-refractivity contribution in [1.29, 1.82) is 0 Å². The van der Waals surface area contributed by atoms with Crippen LogP contribution in [0.4, 0.5) is 56.9 Å². The second-order valence-electron chi connectivity index (χ2n) is 47.0. The van der Waals surface area contributed by atoms with Crippen molar-refractivity contribution in [3.63, 3.8) is 0 Å². The van der Waals surface area contributed by atoms with Crippen LogP contribution in [0.1, 0.15) is 187 Å². The van der Waals surface area contributed by atoms with Gasteiger partial charge in [-0.1, -0.05) is 308 Å². The van der Waals surface area contributed by atoms with Crippen LogP contribution >= 0.6 is 0 Å². The Morgan fingerprint density at radius 2 is 0.559 bits per heavy atom. The van der Waals surface area contributed by atoms with Crippen LogP contribution in [-0.4, -0.2) is 0 Å². The molecule has 33 rings (SSSR count). The molecule has 12 fully saturated rings. The Balaban J connectivity index is 0.000000105. The molecule has 0 amide bonds. The largest absolute Gasteiger partial charge is 0.310 e. The highest BCUT2D eigenvalue weighted by Gasteiger charge is 2.65. The van der Waals surface area contributed by atoms with E-state index < -0.39 is 0 Å². The number of para-hydroxylation sites is 1. The minimum atomic E-state index is -0.0936. The molecule has 12 bridgehead atoms. The van der Waals surface area contributed by atoms with Crippen LogP contribution in [0, 0.1) is 84.5 Å². The molecule has 4 heteroatoms. The summed E-state index contributed by atoms with van der Waals surface area (Å²) in [5, 5.41) is 2.53. The third kappa shape index (κ3) is 13.5. The van der Waals surface area contributed by atoms with Gasteiger partial charge in [0.15, 0.2) is 5.69 Å². The average Bonchev–Trinajstić information content (AvgIpc) is 1.53. The van der Waals surface area contributed by atoms with Crippen molar-refractivity contribution < 1.29 is 0 Å². The molecule has 0 aliphatic heterocycles. The maximum Gasteiger partial charge on any atom is 0.187 e. The zero-order valence-corrected chi connectivity index (χ0v) is 83.3. The molecule has 0 radical (unpaired) electrons. The van der Waals surface area contributed by atoms with E-state index in [1.54, 1.807) is 22.3 Å². The SMILES string of the molecule is CC(C)(C)c1cccc2c1-c1cc(N(c3ccc(-c4ccccc4)cc3)c3ccc4ccccc4c3)ccc1C21C2CC3CC(C2)CC1C3.Cc1cccc2c1-c1cc(N(c3ccccc3)c3ccc(-c4ccccc4)cc3)ccc1C21C2CC3CC(C2)CC1C3.[C-]#[N+]c1ccc2c(c1)-c1cc(N(c3ccc(-c4ccccc4)cc3)c3ccc4c(c3)C(C)(C)c3ccccc3-4)ccc1C21C2CC3CC(C2)CC1C3. The molecular formula is C139H124N4. The highest BCUT2D eigenvalue weighted by Crippen LogP contribution is 2.75. The summed E-state index contributed by atoms with van der Waals surface area (Å²) in [6.07, 6.45) is 21.1. The standard InChI is InChI=1S/C50H42N2.C48H45N.C41H37N/c1-49(2)45-12-8-7-11-41(45)42-20-18-40(30-48(42)49)52(38-16-13-34(14-17-38)33-9-5-4-6-10-33)39-19-22-47-44(29-39)43-28-37(51-3)15-21-46(43)50(47)35-24-31-23-32(26-35)27-36(50)25-31;1-47(2,3)44-14-9-15-45-46(44)42-30-41(22-23-43(42)48(45)37-25-31-24-32(27-37)28-38(48)26-31)49(40-21-18-34-12-7-8-13-36(34)29-40)39-19-16-35(17-20-39)33-10-5-4-6-11-33;1-27-9-8-14-39-40(27)37-26-36(19-20-38(37)41(39)32-22-28-21-29(24-32)25-33(41)23-28)42(34-12-6-3-7-13-34)35-17-15-31(16-18-35)30-10-4-2-5-11-30/h4-22,28-32,35-36H,23-27H2,1-2H3;4-23,29-32,37-38H,24-28H2,1-3H3;2-20,26,28-29,32-33H,21-25H2,1H3. The predicted octanol–water partition coefficient (Wildman–Crippen LogP) is 37.3. The normalized spacial score (nSPS) is 25.3. The lowest BCUT2D eigenvalue weighted by atomic mass is 9.43. The van der Waals surface area contributed by atoms with Gasteiger partial charge in [-0.2, -0.15) is 0 Å². The fraction of sp³-hybridized carbons (Fsp3) is 0.273. The van der Waals surface area contributed by atoms with Gasteiger partial charge in [0, 0.05) is 72.8 Å². The Kier molecular flexibility index (Phi) is 20.2. The van der Waals surface area contributed by atoms with Gasteiger partial charge in [-0.25, -0.2) is 4.85 Å². The lowest BCUT2D eigenvalue weighted by molar-refractivity contribution is -0.0399. The van der Waals surface area contributed by atoms with Crippen LogP contribution in [0.2, 0.25) is 0 Å². The molecule has 17 aromatic carbocycles. The van der Waals surface area contributed by atoms with Gasteiger partial charge < -0.3 is 14.7 Å². The number of benzene rings is 17. The summed E-state index contributed by atoms with van der Waals surface area (Å²) in [4.78, 5) is 11.3. The molecule has 0 atom stereocenters. The van der Waals surface area contributed by atoms with E-state index in [1.165, 1.54) is 264 Å². The molecule has 4 nitrogen and oxygen atoms in total. The first-order valence-electron chi connectivity index (χ1n) is 53.9. The summed E-state index contributed by atoms with van der Waals surface area (Å²) in [6, 6.07) is 146. The number of rotatable bonds is 12. The number of nitrogens with zero attached hydrogens (tertiary/aromatic N) is 4. The zero-order chi connectivity index (χ0) is 95.5. The van der Waals surface area contributed by atoms with Crippen molar-refractivity contribution in [2.45, 2.75) is 165 Å². The van der Waals surface area contributed by atoms with E-state index in [1.807, 2.05) is 0 Å². The smallest absolute Gasteiger partial charge is 0.187 e. The van der Waals surface area contributed by atoms with E-state index >= 15 is 0 Å². The Bertz CT molecular complexity index is 7860. The molecule has 3 spiro atoms. The van der Waals surface area contributed by atoms with Crippen LogP contribution in [0.3, 0.4) is 0 Å². The summed E-state index contributed by atoms with van der Waals surface area (Å²) in [5.74, 6) is 10.1. The number of fused-ring (bicyclic) bond motifs is 13. The van der Waals surface area contributed by atoms with E-state index in [4.69, 9.17) is 6.57 Å². The van der Waals surface area contributed by atoms with E-state index in [0.29, 0.717) is 11.8 Å². The van der Waals surface area contributed by atoms with Crippen molar-refractivity contribution >= 4 is 67.6 Å². The van der Waals surface area contributed by atoms with Crippen molar-refractivity contribution in [3.05, 3.63) is 455 Å². The van der Waals surface area contributed by atoms with Gasteiger partial charge in [-0.05, 0) is 439 Å². The van der Waals surface area contributed by atoms with Crippen molar-refractivity contribution in [3.8, 4) is 77.9 Å². The van der Waals surface area contributed by atoms with E-state index in [0.717, 1.165) is 70.6 Å². The van der Waals surface area contributed by atoms with Gasteiger partial charge in [-0.15, -0.1) is 0 Å². The summed E-state index contributed by atoms with van der Waals surface area (Å²) >= 11 is 0. The number of hydrogen-bond acceptors (Lipinski definition) is 3. The lowest BCUT2D eigenvalue weighted by Crippen LogP contribution is -2.55. The van der Waals surface area contributed by atoms with Gasteiger partial charge in [0.05, 0.1) is 6.57 Å². The van der Waals surface area contributed by atoms with Gasteiger partial charge >= 0.3 is 0 Å². The topological polar surface area (TPSA) is 14.1 Å². The number of aryl methyl sites for hydroxylation is 1. The van der Waals surface area contributed by atoms with Crippen molar-refractivity contribution in [2.24, 2.45) is 71.0 Å². The maximum atomic E-state index is 7.96. The molecule has 17 aromatic rings. The second-order valence-corrected chi connectivity index (χ2v) is 47.0. The first-order chi connectivity index (χ1) is 70.0. The Morgan fingerprint density at radius 1 is 0.238 bits per heavy atom. The molecule has 143 heavy (non-hydrogen) atoms. The van der Waals surface area contributed by atoms with Crippen LogP contribution in [0.5, 0.6) is 0 Å². The summed E-state index contributed by atoms with van der Waals surface area (Å²) in [7, 11) is 0. The van der Waals surface area contributed by atoms with Gasteiger partial charge in [0.1, 0.15) is 0 Å². The Morgan fingerprint density at radius 3 is 1.03 bits per heavy atom. The quantitative estimate of drug-likeness (QED) is 0.113. The zero-order valence-electron chi connectivity index (χ0n) is 83.3. The first-order valence-corrected chi connectivity index (χ1v) is 53.9. The molecule has 12 saturated carbocycles. The summed E-state index contributed by atoms with van der Waals surface area (Å²) in [6.45, 7) is 22.2. The Hall–Kier alpha value is -14.1. The summed E-state index contributed by atoms with van der Waals surface area (Å²) < 4.78 is 0. The first kappa shape index (κ1) is 86.7. The lowest BCUT2D eigenvalue weighted by Gasteiger charge is -2.61. The highest BCUT2D eigenvalue weighted by atomic mass is 15.2. The third-order valence-corrected chi connectivity index (χ3v) is 38.4. The van der Waals surface area contributed by atoms with E-state index in [-0.39, 0.29) is 27.1 Å². The fourth-order valence-corrected chi connectivity index (χ4v) is 33.3. The van der Waals surface area contributed by atoms with Crippen LogP contribution in [0.15, 0.2) is 388 Å². The third-order valence-electron chi connectivity index (χ3n) is 38.4. The molecule has 16 aliphatic rings. The van der Waals surface area contributed by atoms with E-state index in [9.17, 15) is 0 Å². The molecule has 0 unspecified atom stereocenters. The molecule has 0 N–H and O–H groups in total. The average molecular weight is 1850 g/mol. The van der Waals surface area contributed by atoms with E-state index in [2.05, 4.69) is 449 Å². The molecule has 16 aliphatic carbocycles. The summed E-state index contributed by atoms with van der Waals surface area (Å²) in [5.41, 5.74) is 45.8. The van der Waals surface area contributed by atoms with Crippen LogP contribution < -0.4 is 14.7 Å². The monoisotopic (exact) mass is 1850 g/mol. The number of hydrogen-bond donors (Lipinski definition) is 0. The highest BCUT2D eigenvalue weighted by molar-refractivity contribution is 5.96. The van der Waals surface area contributed by atoms with Gasteiger partial charge in [0.25, 0.3) is 0 Å². The molecule has 700 valence electrons. The minimum absolute atomic E-state index is 0.0569. The molecule has 0 heterocycles. The fourth-order valence-electron chi connectivity index (χ4n) is 33.3. The number of anilines is 9. The van der Waals surface area contributed by atoms with Gasteiger partial charge in [-0.3, -0.25) is 0 Å². The van der Waals surface area contributed by atoms with Crippen molar-refractivity contribution in [1.82, 2.24) is 0 Å². The second kappa shape index (κ2) is 33.2. The van der Waals surface area contributed by atoms with Crippen LogP contribution in [0.25, 0.3) is 93.5 Å². The maximum absolute atomic E-state index is 7.96. The van der Waals surface area contributed by atoms with Crippen LogP contribution in [-0.2, 0) is 27.1 Å². The predicted molar refractivity (Wildman–Crippen MR) is 594 cm³/mol. The Labute approximate surface area is 845 Å². The molecular weight excluding hydrogens is 1730 g/mol. The minimum Gasteiger partial charge on any atom is -0.310 e. The van der Waals surface area contributed by atoms with Gasteiger partial charge in [0.2, 0.25) is 0 Å².